The summed E-state index contributed by atoms with van der Waals surface area (Å²) in [5, 5.41) is 13.5. The van der Waals surface area contributed by atoms with Crippen molar-refractivity contribution in [2.45, 2.75) is 6.10 Å². The molecule has 3 aromatic heterocycles. The van der Waals surface area contributed by atoms with Gasteiger partial charge in [0, 0.05) is 18.3 Å². The van der Waals surface area contributed by atoms with Gasteiger partial charge in [0.2, 0.25) is 6.41 Å². The second-order valence-corrected chi connectivity index (χ2v) is 8.87. The van der Waals surface area contributed by atoms with Gasteiger partial charge in [-0.1, -0.05) is 29.3 Å². The molecular formula is C21H16Cl2N6O2S. The number of hydrogen-bond donors (Lipinski definition) is 1. The van der Waals surface area contributed by atoms with Crippen molar-refractivity contribution < 1.29 is 9.53 Å². The monoisotopic (exact) mass is 486 g/mol. The van der Waals surface area contributed by atoms with Gasteiger partial charge in [0.1, 0.15) is 11.1 Å². The fourth-order valence-corrected chi connectivity index (χ4v) is 5.17. The van der Waals surface area contributed by atoms with Gasteiger partial charge in [-0.3, -0.25) is 4.79 Å². The number of fused-ring (bicyclic) bond motifs is 1. The molecule has 8 nitrogen and oxygen atoms in total. The summed E-state index contributed by atoms with van der Waals surface area (Å²) in [6.45, 7) is 1.51. The number of benzene rings is 1. The molecule has 0 saturated carbocycles. The average Bonchev–Trinajstić information content (AvgIpc) is 3.24. The number of nitrogens with one attached hydrogen (secondary N) is 1. The van der Waals surface area contributed by atoms with E-state index in [1.807, 2.05) is 12.1 Å². The summed E-state index contributed by atoms with van der Waals surface area (Å²) in [5.74, 6) is 1.14. The molecular weight excluding hydrogens is 471 g/mol. The van der Waals surface area contributed by atoms with Crippen LogP contribution in [0.25, 0.3) is 20.8 Å². The number of hydrogen-bond acceptors (Lipinski definition) is 8. The minimum absolute atomic E-state index is 0.290. The van der Waals surface area contributed by atoms with Crippen LogP contribution in [-0.4, -0.2) is 51.2 Å². The Bertz CT molecular complexity index is 1260. The van der Waals surface area contributed by atoms with Crippen LogP contribution in [-0.2, 0) is 9.53 Å². The number of pyridine rings is 1. The van der Waals surface area contributed by atoms with E-state index in [1.165, 1.54) is 11.3 Å². The van der Waals surface area contributed by atoms with Crippen LogP contribution in [0.15, 0.2) is 42.6 Å². The second kappa shape index (κ2) is 8.95. The summed E-state index contributed by atoms with van der Waals surface area (Å²) in [7, 11) is 0. The van der Waals surface area contributed by atoms with Gasteiger partial charge in [-0.2, -0.15) is 5.10 Å². The van der Waals surface area contributed by atoms with Gasteiger partial charge in [0.05, 0.1) is 39.1 Å². The quantitative estimate of drug-likeness (QED) is 0.407. The first-order valence-electron chi connectivity index (χ1n) is 9.74. The van der Waals surface area contributed by atoms with Gasteiger partial charge in [-0.25, -0.2) is 9.97 Å². The molecule has 162 valence electrons. The molecule has 1 amide bonds. The van der Waals surface area contributed by atoms with Crippen LogP contribution in [0.4, 0.5) is 11.6 Å². The molecule has 4 heterocycles. The van der Waals surface area contributed by atoms with E-state index in [9.17, 15) is 4.79 Å². The first-order valence-corrected chi connectivity index (χ1v) is 11.3. The van der Waals surface area contributed by atoms with Crippen LogP contribution in [0.2, 0.25) is 10.0 Å². The molecule has 32 heavy (non-hydrogen) atoms. The van der Waals surface area contributed by atoms with E-state index in [4.69, 9.17) is 27.9 Å². The molecule has 1 aromatic carbocycles. The normalized spacial score (nSPS) is 16.3. The fourth-order valence-electron chi connectivity index (χ4n) is 3.40. The zero-order chi connectivity index (χ0) is 22.1. The maximum Gasteiger partial charge on any atom is 0.209 e. The lowest BCUT2D eigenvalue weighted by atomic mass is 10.2. The number of rotatable bonds is 5. The van der Waals surface area contributed by atoms with Crippen LogP contribution in [0.1, 0.15) is 11.8 Å². The van der Waals surface area contributed by atoms with Crippen LogP contribution < -0.4 is 5.32 Å². The van der Waals surface area contributed by atoms with Crippen LogP contribution in [0.5, 0.6) is 0 Å². The highest BCUT2D eigenvalue weighted by Gasteiger charge is 2.22. The number of nitrogens with zero attached hydrogens (tertiary/aromatic N) is 5. The van der Waals surface area contributed by atoms with Crippen LogP contribution in [0, 0.1) is 0 Å². The molecule has 0 aliphatic carbocycles. The van der Waals surface area contributed by atoms with Crippen LogP contribution >= 0.6 is 34.5 Å². The Morgan fingerprint density at radius 1 is 1.16 bits per heavy atom. The Balaban J connectivity index is 1.41. The molecule has 1 aliphatic rings. The molecule has 1 atom stereocenters. The van der Waals surface area contributed by atoms with Crippen molar-refractivity contribution in [1.29, 1.82) is 0 Å². The van der Waals surface area contributed by atoms with Crippen molar-refractivity contribution in [2.75, 3.05) is 25.0 Å². The lowest BCUT2D eigenvalue weighted by Gasteiger charge is -2.29. The number of ether oxygens (including phenoxy) is 1. The van der Waals surface area contributed by atoms with E-state index >= 15 is 0 Å². The zero-order valence-corrected chi connectivity index (χ0v) is 18.9. The molecule has 0 bridgehead atoms. The molecule has 1 aliphatic heterocycles. The summed E-state index contributed by atoms with van der Waals surface area (Å²) < 4.78 is 6.56. The highest BCUT2D eigenvalue weighted by Crippen LogP contribution is 2.40. The molecule has 1 saturated heterocycles. The van der Waals surface area contributed by atoms with Gasteiger partial charge in [0.25, 0.3) is 0 Å². The minimum Gasteiger partial charge on any atom is -0.368 e. The third-order valence-electron chi connectivity index (χ3n) is 4.99. The van der Waals surface area contributed by atoms with Gasteiger partial charge in [-0.15, -0.1) is 16.4 Å². The van der Waals surface area contributed by atoms with Crippen molar-refractivity contribution in [2.24, 2.45) is 0 Å². The molecule has 1 N–H and O–H groups in total. The highest BCUT2D eigenvalue weighted by atomic mass is 35.5. The lowest BCUT2D eigenvalue weighted by Crippen LogP contribution is -2.37. The first kappa shape index (κ1) is 21.0. The number of amides is 1. The summed E-state index contributed by atoms with van der Waals surface area (Å²) in [4.78, 5) is 21.8. The van der Waals surface area contributed by atoms with E-state index in [0.29, 0.717) is 57.6 Å². The van der Waals surface area contributed by atoms with E-state index in [-0.39, 0.29) is 6.10 Å². The van der Waals surface area contributed by atoms with Gasteiger partial charge in [-0.05, 0) is 30.3 Å². The molecule has 0 spiro atoms. The number of halogens is 2. The maximum absolute atomic E-state index is 11.0. The van der Waals surface area contributed by atoms with E-state index < -0.39 is 0 Å². The number of carbonyl (C=O) groups excluding carboxylic acids is 1. The SMILES string of the molecule is O=CN1CCOC(c2ccc(Nc3nccc4nc(-c5c(Cl)cccc5Cl)sc34)nn2)C1. The zero-order valence-electron chi connectivity index (χ0n) is 16.5. The van der Waals surface area contributed by atoms with E-state index in [1.54, 1.807) is 35.4 Å². The Hall–Kier alpha value is -2.85. The number of carbonyl (C=O) groups is 1. The maximum atomic E-state index is 11.0. The van der Waals surface area contributed by atoms with Gasteiger partial charge in [0.15, 0.2) is 11.6 Å². The highest BCUT2D eigenvalue weighted by molar-refractivity contribution is 7.22. The largest absolute Gasteiger partial charge is 0.368 e. The number of thiazole rings is 1. The molecule has 11 heteroatoms. The first-order chi connectivity index (χ1) is 15.6. The number of aromatic nitrogens is 4. The molecule has 4 aromatic rings. The standard InChI is InChI=1S/C21H16Cl2N6O2S/c22-12-2-1-3-13(23)18(12)21-25-15-6-7-24-20(19(15)32-21)26-17-5-4-14(27-28-17)16-10-29(11-30)8-9-31-16/h1-7,11,16H,8-10H2,(H,24,26,28). The third kappa shape index (κ3) is 4.12. The smallest absolute Gasteiger partial charge is 0.209 e. The van der Waals surface area contributed by atoms with Gasteiger partial charge < -0.3 is 15.0 Å². The predicted octanol–water partition coefficient (Wildman–Crippen LogP) is 4.73. The summed E-state index contributed by atoms with van der Waals surface area (Å²) in [6.07, 6.45) is 2.21. The second-order valence-electron chi connectivity index (χ2n) is 7.05. The fraction of sp³-hybridized carbons (Fsp3) is 0.190. The summed E-state index contributed by atoms with van der Waals surface area (Å²) in [5.41, 5.74) is 2.14. The Morgan fingerprint density at radius 2 is 2.00 bits per heavy atom. The third-order valence-corrected chi connectivity index (χ3v) is 6.71. The topological polar surface area (TPSA) is 93.1 Å². The number of anilines is 2. The predicted molar refractivity (Wildman–Crippen MR) is 125 cm³/mol. The number of morpholine rings is 1. The summed E-state index contributed by atoms with van der Waals surface area (Å²) >= 11 is 14.2. The van der Waals surface area contributed by atoms with Crippen molar-refractivity contribution in [3.8, 4) is 10.6 Å². The van der Waals surface area contributed by atoms with E-state index in [0.717, 1.165) is 16.6 Å². The molecule has 5 rings (SSSR count). The summed E-state index contributed by atoms with van der Waals surface area (Å²) in [6, 6.07) is 10.8. The van der Waals surface area contributed by atoms with Gasteiger partial charge >= 0.3 is 0 Å². The van der Waals surface area contributed by atoms with Crippen LogP contribution in [0.3, 0.4) is 0 Å². The van der Waals surface area contributed by atoms with Crippen molar-refractivity contribution in [3.05, 3.63) is 58.3 Å². The Kier molecular flexibility index (Phi) is 5.88. The average molecular weight is 487 g/mol. The lowest BCUT2D eigenvalue weighted by molar-refractivity contribution is -0.125. The molecule has 1 unspecified atom stereocenters. The molecule has 0 radical (unpaired) electrons. The van der Waals surface area contributed by atoms with E-state index in [2.05, 4.69) is 25.5 Å². The van der Waals surface area contributed by atoms with Crippen molar-refractivity contribution in [1.82, 2.24) is 25.1 Å². The Morgan fingerprint density at radius 3 is 2.75 bits per heavy atom. The minimum atomic E-state index is -0.290. The Labute approximate surface area is 197 Å². The van der Waals surface area contributed by atoms with Crippen molar-refractivity contribution in [3.63, 3.8) is 0 Å². The van der Waals surface area contributed by atoms with Crippen molar-refractivity contribution >= 4 is 62.8 Å². The molecule has 1 fully saturated rings.